The van der Waals surface area contributed by atoms with Crippen molar-refractivity contribution in [1.82, 2.24) is 14.8 Å². The highest BCUT2D eigenvalue weighted by Gasteiger charge is 2.61. The summed E-state index contributed by atoms with van der Waals surface area (Å²) in [5.41, 5.74) is 1.92. The molecule has 2 aromatic rings. The molecule has 1 aromatic heterocycles. The number of carbonyl (C=O) groups is 1. The second-order valence-corrected chi connectivity index (χ2v) is 8.77. The fraction of sp³-hybridized carbons (Fsp3) is 0.571. The molecule has 136 valence electrons. The first-order valence-corrected chi connectivity index (χ1v) is 9.87. The van der Waals surface area contributed by atoms with E-state index in [0.29, 0.717) is 11.8 Å². The zero-order chi connectivity index (χ0) is 17.8. The SMILES string of the molecule is CCc1ccccc1NC(=O)C12CC3CC(C1)CC(n1cncn1)(C3)C2. The molecule has 4 aliphatic carbocycles. The molecule has 2 unspecified atom stereocenters. The summed E-state index contributed by atoms with van der Waals surface area (Å²) in [7, 11) is 0. The normalized spacial score (nSPS) is 34.8. The molecule has 0 aliphatic heterocycles. The Morgan fingerprint density at radius 3 is 2.69 bits per heavy atom. The quantitative estimate of drug-likeness (QED) is 0.913. The van der Waals surface area contributed by atoms with Crippen molar-refractivity contribution in [2.24, 2.45) is 17.3 Å². The Labute approximate surface area is 154 Å². The molecular formula is C21H26N4O. The van der Waals surface area contributed by atoms with Crippen molar-refractivity contribution in [2.45, 2.75) is 57.4 Å². The van der Waals surface area contributed by atoms with Crippen LogP contribution in [0, 0.1) is 17.3 Å². The van der Waals surface area contributed by atoms with Crippen LogP contribution in [-0.4, -0.2) is 20.7 Å². The number of aromatic nitrogens is 3. The largest absolute Gasteiger partial charge is 0.325 e. The first-order valence-electron chi connectivity index (χ1n) is 9.87. The van der Waals surface area contributed by atoms with Crippen LogP contribution < -0.4 is 5.32 Å². The number of para-hydroxylation sites is 1. The van der Waals surface area contributed by atoms with Gasteiger partial charge < -0.3 is 5.32 Å². The lowest BCUT2D eigenvalue weighted by Crippen LogP contribution is -2.60. The first-order chi connectivity index (χ1) is 12.6. The molecule has 6 rings (SSSR count). The fourth-order valence-electron chi connectivity index (χ4n) is 6.41. The molecule has 1 amide bonds. The third kappa shape index (κ3) is 2.32. The van der Waals surface area contributed by atoms with Crippen LogP contribution in [-0.2, 0) is 16.8 Å². The smallest absolute Gasteiger partial charge is 0.230 e. The van der Waals surface area contributed by atoms with Crippen LogP contribution in [0.5, 0.6) is 0 Å². The average Bonchev–Trinajstić information content (AvgIpc) is 3.16. The summed E-state index contributed by atoms with van der Waals surface area (Å²) in [5.74, 6) is 1.48. The van der Waals surface area contributed by atoms with Crippen molar-refractivity contribution in [3.8, 4) is 0 Å². The van der Waals surface area contributed by atoms with Gasteiger partial charge in [-0.15, -0.1) is 0 Å². The Balaban J connectivity index is 1.47. The number of benzene rings is 1. The van der Waals surface area contributed by atoms with E-state index >= 15 is 0 Å². The fourth-order valence-corrected chi connectivity index (χ4v) is 6.41. The molecule has 1 N–H and O–H groups in total. The lowest BCUT2D eigenvalue weighted by molar-refractivity contribution is -0.150. The lowest BCUT2D eigenvalue weighted by Gasteiger charge is -2.60. The van der Waals surface area contributed by atoms with Crippen LogP contribution in [0.1, 0.15) is 51.0 Å². The summed E-state index contributed by atoms with van der Waals surface area (Å²) in [6, 6.07) is 8.18. The standard InChI is InChI=1S/C21H26N4O/c1-2-17-5-3-4-6-18(17)24-19(26)20-8-15-7-16(9-20)11-21(10-15,12-20)25-14-22-13-23-25/h3-6,13-16H,2,7-12H2,1H3,(H,24,26). The van der Waals surface area contributed by atoms with Gasteiger partial charge in [0.2, 0.25) is 5.91 Å². The van der Waals surface area contributed by atoms with Crippen molar-refractivity contribution in [1.29, 1.82) is 0 Å². The number of carbonyl (C=O) groups excluding carboxylic acids is 1. The van der Waals surface area contributed by atoms with Gasteiger partial charge in [-0.25, -0.2) is 9.67 Å². The zero-order valence-corrected chi connectivity index (χ0v) is 15.3. The third-order valence-electron chi connectivity index (χ3n) is 7.06. The van der Waals surface area contributed by atoms with Gasteiger partial charge in [-0.3, -0.25) is 4.79 Å². The van der Waals surface area contributed by atoms with E-state index in [2.05, 4.69) is 33.1 Å². The first kappa shape index (κ1) is 16.0. The van der Waals surface area contributed by atoms with E-state index in [1.54, 1.807) is 6.33 Å². The second-order valence-electron chi connectivity index (χ2n) is 8.77. The van der Waals surface area contributed by atoms with Crippen molar-refractivity contribution in [3.05, 3.63) is 42.5 Å². The molecule has 2 atom stereocenters. The van der Waals surface area contributed by atoms with Gasteiger partial charge >= 0.3 is 0 Å². The van der Waals surface area contributed by atoms with Crippen molar-refractivity contribution in [2.75, 3.05) is 5.32 Å². The number of anilines is 1. The van der Waals surface area contributed by atoms with E-state index in [9.17, 15) is 4.79 Å². The summed E-state index contributed by atoms with van der Waals surface area (Å²) < 4.78 is 2.06. The van der Waals surface area contributed by atoms with Gasteiger partial charge in [0.05, 0.1) is 11.0 Å². The predicted octanol–water partition coefficient (Wildman–Crippen LogP) is 3.77. The van der Waals surface area contributed by atoms with Gasteiger partial charge in [-0.05, 0) is 68.4 Å². The third-order valence-corrected chi connectivity index (χ3v) is 7.06. The van der Waals surface area contributed by atoms with E-state index in [-0.39, 0.29) is 16.9 Å². The van der Waals surface area contributed by atoms with Crippen LogP contribution in [0.2, 0.25) is 0 Å². The molecule has 0 saturated heterocycles. The van der Waals surface area contributed by atoms with Crippen molar-refractivity contribution in [3.63, 3.8) is 0 Å². The Kier molecular flexibility index (Phi) is 3.49. The highest BCUT2D eigenvalue weighted by Crippen LogP contribution is 2.64. The van der Waals surface area contributed by atoms with Crippen LogP contribution in [0.25, 0.3) is 0 Å². The minimum atomic E-state index is -0.253. The minimum Gasteiger partial charge on any atom is -0.325 e. The Bertz CT molecular complexity index is 814. The summed E-state index contributed by atoms with van der Waals surface area (Å²) >= 11 is 0. The van der Waals surface area contributed by atoms with Crippen LogP contribution in [0.15, 0.2) is 36.9 Å². The molecule has 26 heavy (non-hydrogen) atoms. The molecule has 4 bridgehead atoms. The van der Waals surface area contributed by atoms with Gasteiger partial charge in [0.25, 0.3) is 0 Å². The van der Waals surface area contributed by atoms with E-state index in [4.69, 9.17) is 0 Å². The number of nitrogens with one attached hydrogen (secondary N) is 1. The van der Waals surface area contributed by atoms with Gasteiger partial charge in [-0.2, -0.15) is 5.10 Å². The summed E-state index contributed by atoms with van der Waals surface area (Å²) in [4.78, 5) is 17.7. The topological polar surface area (TPSA) is 59.8 Å². The maximum atomic E-state index is 13.5. The Hall–Kier alpha value is -2.17. The molecule has 4 aliphatic rings. The summed E-state index contributed by atoms with van der Waals surface area (Å²) in [5, 5.41) is 7.78. The van der Waals surface area contributed by atoms with Crippen LogP contribution >= 0.6 is 0 Å². The Morgan fingerprint density at radius 1 is 1.23 bits per heavy atom. The summed E-state index contributed by atoms with van der Waals surface area (Å²) in [6.45, 7) is 2.13. The number of rotatable bonds is 4. The second kappa shape index (κ2) is 5.66. The highest BCUT2D eigenvalue weighted by atomic mass is 16.2. The number of amides is 1. The average molecular weight is 350 g/mol. The minimum absolute atomic E-state index is 0.0117. The number of aryl methyl sites for hydroxylation is 1. The van der Waals surface area contributed by atoms with Gasteiger partial charge in [0, 0.05) is 5.69 Å². The number of hydrogen-bond acceptors (Lipinski definition) is 3. The monoisotopic (exact) mass is 350 g/mol. The molecule has 0 radical (unpaired) electrons. The molecular weight excluding hydrogens is 324 g/mol. The summed E-state index contributed by atoms with van der Waals surface area (Å²) in [6.07, 6.45) is 10.9. The zero-order valence-electron chi connectivity index (χ0n) is 15.3. The molecule has 0 spiro atoms. The highest BCUT2D eigenvalue weighted by molar-refractivity contribution is 5.96. The predicted molar refractivity (Wildman–Crippen MR) is 99.6 cm³/mol. The maximum Gasteiger partial charge on any atom is 0.230 e. The Morgan fingerprint density at radius 2 is 2.00 bits per heavy atom. The van der Waals surface area contributed by atoms with Gasteiger partial charge in [-0.1, -0.05) is 25.1 Å². The molecule has 4 saturated carbocycles. The maximum absolute atomic E-state index is 13.5. The molecule has 5 nitrogen and oxygen atoms in total. The van der Waals surface area contributed by atoms with E-state index < -0.39 is 0 Å². The van der Waals surface area contributed by atoms with Gasteiger partial charge in [0.1, 0.15) is 12.7 Å². The lowest BCUT2D eigenvalue weighted by atomic mass is 9.46. The van der Waals surface area contributed by atoms with Crippen molar-refractivity contribution >= 4 is 11.6 Å². The number of nitrogens with zero attached hydrogens (tertiary/aromatic N) is 3. The van der Waals surface area contributed by atoms with E-state index in [0.717, 1.165) is 44.2 Å². The molecule has 1 heterocycles. The molecule has 4 fully saturated rings. The number of hydrogen-bond donors (Lipinski definition) is 1. The van der Waals surface area contributed by atoms with E-state index in [1.807, 2.05) is 24.5 Å². The van der Waals surface area contributed by atoms with Crippen molar-refractivity contribution < 1.29 is 4.79 Å². The van der Waals surface area contributed by atoms with Gasteiger partial charge in [0.15, 0.2) is 0 Å². The molecule has 1 aromatic carbocycles. The van der Waals surface area contributed by atoms with Crippen LogP contribution in [0.3, 0.4) is 0 Å². The van der Waals surface area contributed by atoms with Crippen LogP contribution in [0.4, 0.5) is 5.69 Å². The molecule has 5 heteroatoms. The van der Waals surface area contributed by atoms with E-state index in [1.165, 1.54) is 12.0 Å².